The Morgan fingerprint density at radius 2 is 1.92 bits per heavy atom. The van der Waals surface area contributed by atoms with Crippen LogP contribution in [-0.4, -0.2) is 0 Å². The highest BCUT2D eigenvalue weighted by atomic mass is 14.3. The first-order valence-corrected chi connectivity index (χ1v) is 4.29. The van der Waals surface area contributed by atoms with Gasteiger partial charge in [0.05, 0.1) is 0 Å². The molecule has 1 atom stereocenters. The zero-order valence-electron chi connectivity index (χ0n) is 8.33. The lowest BCUT2D eigenvalue weighted by atomic mass is 9.95. The second kappa shape index (κ2) is 6.03. The number of hydrogen-bond donors (Lipinski definition) is 0. The van der Waals surface area contributed by atoms with E-state index in [0.29, 0.717) is 0 Å². The Labute approximate surface area is 79.8 Å². The van der Waals surface area contributed by atoms with E-state index in [9.17, 15) is 0 Å². The lowest BCUT2D eigenvalue weighted by molar-refractivity contribution is 0.691. The summed E-state index contributed by atoms with van der Waals surface area (Å²) in [6.45, 7) is 5.82. The van der Waals surface area contributed by atoms with Gasteiger partial charge in [0.15, 0.2) is 0 Å². The van der Waals surface area contributed by atoms with Crippen molar-refractivity contribution in [2.24, 2.45) is 5.92 Å². The SMILES string of the molecule is CC=CCC(C)C(C)=C(C#N)C#N. The molecule has 0 aliphatic rings. The van der Waals surface area contributed by atoms with Gasteiger partial charge in [0, 0.05) is 0 Å². The summed E-state index contributed by atoms with van der Waals surface area (Å²) in [7, 11) is 0. The Hall–Kier alpha value is -1.54. The Bertz CT molecular complexity index is 281. The minimum Gasteiger partial charge on any atom is -0.192 e. The molecule has 0 rings (SSSR count). The van der Waals surface area contributed by atoms with Gasteiger partial charge in [0.1, 0.15) is 17.7 Å². The van der Waals surface area contributed by atoms with Gasteiger partial charge in [-0.2, -0.15) is 10.5 Å². The summed E-state index contributed by atoms with van der Waals surface area (Å²) >= 11 is 0. The standard InChI is InChI=1S/C11H14N2/c1-4-5-6-9(2)10(3)11(7-12)8-13/h4-5,9H,6H2,1-3H3. The van der Waals surface area contributed by atoms with Crippen molar-refractivity contribution >= 4 is 0 Å². The molecular weight excluding hydrogens is 160 g/mol. The van der Waals surface area contributed by atoms with E-state index >= 15 is 0 Å². The maximum Gasteiger partial charge on any atom is 0.128 e. The number of hydrogen-bond acceptors (Lipinski definition) is 2. The van der Waals surface area contributed by atoms with Crippen LogP contribution in [0.3, 0.4) is 0 Å². The third-order valence-corrected chi connectivity index (χ3v) is 2.08. The lowest BCUT2D eigenvalue weighted by Gasteiger charge is -2.08. The molecule has 2 heteroatoms. The fourth-order valence-electron chi connectivity index (χ4n) is 0.965. The van der Waals surface area contributed by atoms with E-state index in [1.54, 1.807) is 0 Å². The third-order valence-electron chi connectivity index (χ3n) is 2.08. The minimum atomic E-state index is 0.247. The van der Waals surface area contributed by atoms with E-state index in [-0.39, 0.29) is 11.5 Å². The van der Waals surface area contributed by atoms with Gasteiger partial charge >= 0.3 is 0 Å². The molecule has 0 heterocycles. The minimum absolute atomic E-state index is 0.247. The fourth-order valence-corrected chi connectivity index (χ4v) is 0.965. The van der Waals surface area contributed by atoms with Crippen LogP contribution in [0.15, 0.2) is 23.3 Å². The molecule has 0 bridgehead atoms. The molecule has 0 N–H and O–H groups in total. The summed E-state index contributed by atoms with van der Waals surface area (Å²) in [4.78, 5) is 0. The van der Waals surface area contributed by atoms with Gasteiger partial charge in [-0.1, -0.05) is 19.1 Å². The van der Waals surface area contributed by atoms with Crippen molar-refractivity contribution < 1.29 is 0 Å². The van der Waals surface area contributed by atoms with Crippen molar-refractivity contribution in [2.45, 2.75) is 27.2 Å². The molecule has 0 fully saturated rings. The van der Waals surface area contributed by atoms with Crippen molar-refractivity contribution in [3.63, 3.8) is 0 Å². The largest absolute Gasteiger partial charge is 0.192 e. The Morgan fingerprint density at radius 3 is 2.31 bits per heavy atom. The van der Waals surface area contributed by atoms with Gasteiger partial charge in [-0.25, -0.2) is 0 Å². The average molecular weight is 174 g/mol. The molecule has 0 aromatic carbocycles. The van der Waals surface area contributed by atoms with E-state index in [0.717, 1.165) is 12.0 Å². The molecule has 68 valence electrons. The van der Waals surface area contributed by atoms with Crippen LogP contribution in [0.1, 0.15) is 27.2 Å². The highest BCUT2D eigenvalue weighted by molar-refractivity contribution is 5.40. The predicted molar refractivity (Wildman–Crippen MR) is 52.5 cm³/mol. The molecule has 0 spiro atoms. The molecule has 0 saturated carbocycles. The predicted octanol–water partition coefficient (Wildman–Crippen LogP) is 2.95. The number of rotatable bonds is 3. The molecule has 0 aliphatic heterocycles. The van der Waals surface area contributed by atoms with Crippen LogP contribution >= 0.6 is 0 Å². The van der Waals surface area contributed by atoms with Gasteiger partial charge in [-0.05, 0) is 31.8 Å². The summed E-state index contributed by atoms with van der Waals surface area (Å²) in [6, 6.07) is 3.81. The molecule has 0 saturated heterocycles. The molecule has 0 aromatic heterocycles. The summed E-state index contributed by atoms with van der Waals surface area (Å²) < 4.78 is 0. The molecule has 0 aliphatic carbocycles. The normalized spacial score (nSPS) is 11.8. The molecular formula is C11H14N2. The number of allylic oxidation sites excluding steroid dienone is 4. The zero-order chi connectivity index (χ0) is 10.3. The molecule has 2 nitrogen and oxygen atoms in total. The number of nitriles is 2. The van der Waals surface area contributed by atoms with Gasteiger partial charge in [0.25, 0.3) is 0 Å². The highest BCUT2D eigenvalue weighted by Crippen LogP contribution is 2.17. The summed E-state index contributed by atoms with van der Waals surface area (Å²) in [5, 5.41) is 17.2. The molecule has 1 unspecified atom stereocenters. The van der Waals surface area contributed by atoms with Crippen LogP contribution in [0.25, 0.3) is 0 Å². The maximum atomic E-state index is 8.62. The third kappa shape index (κ3) is 3.58. The van der Waals surface area contributed by atoms with E-state index < -0.39 is 0 Å². The Balaban J connectivity index is 4.60. The van der Waals surface area contributed by atoms with Crippen LogP contribution in [0.2, 0.25) is 0 Å². The van der Waals surface area contributed by atoms with Crippen molar-refractivity contribution in [1.29, 1.82) is 10.5 Å². The monoisotopic (exact) mass is 174 g/mol. The maximum absolute atomic E-state index is 8.62. The number of nitrogens with zero attached hydrogens (tertiary/aromatic N) is 2. The molecule has 13 heavy (non-hydrogen) atoms. The van der Waals surface area contributed by atoms with Gasteiger partial charge in [0.2, 0.25) is 0 Å². The lowest BCUT2D eigenvalue weighted by Crippen LogP contribution is -1.97. The quantitative estimate of drug-likeness (QED) is 0.487. The topological polar surface area (TPSA) is 47.6 Å². The van der Waals surface area contributed by atoms with Crippen molar-refractivity contribution in [3.8, 4) is 12.1 Å². The Morgan fingerprint density at radius 1 is 1.38 bits per heavy atom. The second-order valence-corrected chi connectivity index (χ2v) is 2.99. The van der Waals surface area contributed by atoms with Crippen molar-refractivity contribution in [2.75, 3.05) is 0 Å². The first-order valence-electron chi connectivity index (χ1n) is 4.29. The van der Waals surface area contributed by atoms with Crippen LogP contribution in [0.5, 0.6) is 0 Å². The van der Waals surface area contributed by atoms with Crippen molar-refractivity contribution in [1.82, 2.24) is 0 Å². The van der Waals surface area contributed by atoms with Gasteiger partial charge in [-0.15, -0.1) is 0 Å². The van der Waals surface area contributed by atoms with E-state index in [4.69, 9.17) is 10.5 Å². The summed E-state index contributed by atoms with van der Waals surface area (Å²) in [5.74, 6) is 0.269. The zero-order valence-corrected chi connectivity index (χ0v) is 8.33. The van der Waals surface area contributed by atoms with Crippen LogP contribution in [-0.2, 0) is 0 Å². The second-order valence-electron chi connectivity index (χ2n) is 2.99. The van der Waals surface area contributed by atoms with Crippen LogP contribution in [0, 0.1) is 28.6 Å². The first kappa shape index (κ1) is 11.5. The first-order chi connectivity index (χ1) is 6.17. The van der Waals surface area contributed by atoms with Crippen LogP contribution < -0.4 is 0 Å². The molecule has 0 radical (unpaired) electrons. The molecule has 0 aromatic rings. The average Bonchev–Trinajstić information content (AvgIpc) is 2.15. The van der Waals surface area contributed by atoms with E-state index in [2.05, 4.69) is 0 Å². The van der Waals surface area contributed by atoms with Gasteiger partial charge in [-0.3, -0.25) is 0 Å². The fraction of sp³-hybridized carbons (Fsp3) is 0.455. The van der Waals surface area contributed by atoms with Gasteiger partial charge < -0.3 is 0 Å². The summed E-state index contributed by atoms with van der Waals surface area (Å²) in [5.41, 5.74) is 1.13. The van der Waals surface area contributed by atoms with Crippen LogP contribution in [0.4, 0.5) is 0 Å². The summed E-state index contributed by atoms with van der Waals surface area (Å²) in [6.07, 6.45) is 4.90. The van der Waals surface area contributed by atoms with E-state index in [1.807, 2.05) is 45.1 Å². The van der Waals surface area contributed by atoms with Crippen molar-refractivity contribution in [3.05, 3.63) is 23.3 Å². The Kier molecular flexibility index (Phi) is 5.32. The smallest absolute Gasteiger partial charge is 0.128 e. The highest BCUT2D eigenvalue weighted by Gasteiger charge is 2.07. The molecule has 0 amide bonds. The van der Waals surface area contributed by atoms with E-state index in [1.165, 1.54) is 0 Å².